The minimum absolute atomic E-state index is 0.00571. The first-order chi connectivity index (χ1) is 6.58. The van der Waals surface area contributed by atoms with Crippen LogP contribution in [0.2, 0.25) is 0 Å². The summed E-state index contributed by atoms with van der Waals surface area (Å²) in [5.41, 5.74) is 11.9. The molecule has 4 N–H and O–H groups in total. The van der Waals surface area contributed by atoms with Crippen molar-refractivity contribution in [2.45, 2.75) is 6.42 Å². The molecule has 0 aromatic heterocycles. The number of benzene rings is 1. The van der Waals surface area contributed by atoms with Crippen LogP contribution in [0.3, 0.4) is 0 Å². The van der Waals surface area contributed by atoms with Crippen molar-refractivity contribution in [1.29, 1.82) is 0 Å². The van der Waals surface area contributed by atoms with Crippen molar-refractivity contribution in [3.8, 4) is 0 Å². The van der Waals surface area contributed by atoms with Gasteiger partial charge in [-0.25, -0.2) is 4.99 Å². The quantitative estimate of drug-likeness (QED) is 0.443. The van der Waals surface area contributed by atoms with Gasteiger partial charge in [-0.15, -0.1) is 0 Å². The van der Waals surface area contributed by atoms with E-state index in [0.717, 1.165) is 5.56 Å². The van der Waals surface area contributed by atoms with Crippen molar-refractivity contribution in [2.24, 2.45) is 16.5 Å². The summed E-state index contributed by atoms with van der Waals surface area (Å²) in [4.78, 5) is 14.4. The second kappa shape index (κ2) is 4.62. The number of nitrogens with zero attached hydrogens (tertiary/aromatic N) is 1. The zero-order chi connectivity index (χ0) is 10.6. The van der Waals surface area contributed by atoms with Gasteiger partial charge in [0.05, 0.1) is 5.69 Å². The maximum atomic E-state index is 10.6. The number of carbonyl (C=O) groups excluding carboxylic acids is 1. The average molecular weight is 212 g/mol. The molecule has 0 unspecified atom stereocenters. The fraction of sp³-hybridized carbons (Fsp3) is 0.111. The summed E-state index contributed by atoms with van der Waals surface area (Å²) in [6, 6.07) is 6.94. The van der Waals surface area contributed by atoms with Crippen LogP contribution in [0.25, 0.3) is 0 Å². The molecule has 0 bridgehead atoms. The zero-order valence-corrected chi connectivity index (χ0v) is 8.16. The van der Waals surface area contributed by atoms with Gasteiger partial charge in [0.25, 0.3) is 0 Å². The molecule has 0 aliphatic heterocycles. The average Bonchev–Trinajstić information content (AvgIpc) is 2.06. The molecule has 0 saturated carbocycles. The summed E-state index contributed by atoms with van der Waals surface area (Å²) in [6.45, 7) is 0. The van der Waals surface area contributed by atoms with Gasteiger partial charge in [0.15, 0.2) is 5.96 Å². The third-order valence-corrected chi connectivity index (χ3v) is 1.67. The molecule has 0 heterocycles. The Balaban J connectivity index is 2.78. The molecule has 1 aromatic carbocycles. The van der Waals surface area contributed by atoms with Gasteiger partial charge in [-0.1, -0.05) is 12.1 Å². The Morgan fingerprint density at radius 2 is 1.86 bits per heavy atom. The molecule has 0 amide bonds. The Hall–Kier alpha value is -1.55. The summed E-state index contributed by atoms with van der Waals surface area (Å²) in [7, 11) is 0. The molecule has 0 atom stereocenters. The Kier molecular flexibility index (Phi) is 3.48. The van der Waals surface area contributed by atoms with E-state index in [0.29, 0.717) is 5.69 Å². The van der Waals surface area contributed by atoms with Gasteiger partial charge in [-0.05, 0) is 29.3 Å². The topological polar surface area (TPSA) is 81.5 Å². The third-order valence-electron chi connectivity index (χ3n) is 1.54. The van der Waals surface area contributed by atoms with Crippen molar-refractivity contribution < 1.29 is 4.79 Å². The summed E-state index contributed by atoms with van der Waals surface area (Å²) < 4.78 is 0. The third kappa shape index (κ3) is 3.45. The number of aliphatic imine (C=N–C) groups is 1. The fourth-order valence-electron chi connectivity index (χ4n) is 0.998. The standard InChI is InChI=1S/C9H10ClN3O/c10-8(14)5-6-1-3-7(4-2-6)13-9(11)12/h1-4H,5H2,(H4,11,12,13). The predicted molar refractivity (Wildman–Crippen MR) is 56.5 cm³/mol. The van der Waals surface area contributed by atoms with Crippen LogP contribution in [0, 0.1) is 0 Å². The lowest BCUT2D eigenvalue weighted by atomic mass is 10.1. The van der Waals surface area contributed by atoms with Gasteiger partial charge in [0, 0.05) is 6.42 Å². The fourth-order valence-corrected chi connectivity index (χ4v) is 1.15. The van der Waals surface area contributed by atoms with Crippen LogP contribution in [0.4, 0.5) is 5.69 Å². The van der Waals surface area contributed by atoms with Crippen LogP contribution in [-0.4, -0.2) is 11.2 Å². The van der Waals surface area contributed by atoms with Gasteiger partial charge < -0.3 is 11.5 Å². The molecular weight excluding hydrogens is 202 g/mol. The maximum absolute atomic E-state index is 10.6. The Bertz CT molecular complexity index is 355. The van der Waals surface area contributed by atoms with Gasteiger partial charge in [0.1, 0.15) is 0 Å². The van der Waals surface area contributed by atoms with E-state index in [1.165, 1.54) is 0 Å². The highest BCUT2D eigenvalue weighted by atomic mass is 35.5. The summed E-state index contributed by atoms with van der Waals surface area (Å²) >= 11 is 5.23. The number of guanidine groups is 1. The predicted octanol–water partition coefficient (Wildman–Crippen LogP) is 0.899. The monoisotopic (exact) mass is 211 g/mol. The number of nitrogens with two attached hydrogens (primary N) is 2. The first kappa shape index (κ1) is 10.5. The molecule has 1 aromatic rings. The number of hydrogen-bond acceptors (Lipinski definition) is 2. The summed E-state index contributed by atoms with van der Waals surface area (Å²) in [6.07, 6.45) is 0.212. The zero-order valence-electron chi connectivity index (χ0n) is 7.40. The normalized spacial score (nSPS) is 9.50. The molecule has 14 heavy (non-hydrogen) atoms. The van der Waals surface area contributed by atoms with E-state index in [2.05, 4.69) is 4.99 Å². The first-order valence-electron chi connectivity index (χ1n) is 3.95. The molecule has 4 nitrogen and oxygen atoms in total. The van der Waals surface area contributed by atoms with Crippen LogP contribution in [0.5, 0.6) is 0 Å². The SMILES string of the molecule is NC(N)=Nc1ccc(CC(=O)Cl)cc1. The number of carbonyl (C=O) groups is 1. The lowest BCUT2D eigenvalue weighted by molar-refractivity contribution is -0.111. The van der Waals surface area contributed by atoms with E-state index >= 15 is 0 Å². The second-order valence-corrected chi connectivity index (χ2v) is 3.16. The minimum atomic E-state index is -0.389. The van der Waals surface area contributed by atoms with Crippen molar-refractivity contribution in [3.63, 3.8) is 0 Å². The molecule has 1 rings (SSSR count). The molecule has 0 spiro atoms. The Morgan fingerprint density at radius 1 is 1.29 bits per heavy atom. The summed E-state index contributed by atoms with van der Waals surface area (Å²) in [5, 5.41) is -0.389. The van der Waals surface area contributed by atoms with E-state index in [4.69, 9.17) is 23.1 Å². The van der Waals surface area contributed by atoms with Crippen LogP contribution in [-0.2, 0) is 11.2 Å². The second-order valence-electron chi connectivity index (χ2n) is 2.74. The van der Waals surface area contributed by atoms with E-state index in [1.54, 1.807) is 24.3 Å². The highest BCUT2D eigenvalue weighted by molar-refractivity contribution is 6.63. The van der Waals surface area contributed by atoms with Crippen LogP contribution >= 0.6 is 11.6 Å². The number of hydrogen-bond donors (Lipinski definition) is 2. The van der Waals surface area contributed by atoms with Crippen LogP contribution in [0.1, 0.15) is 5.56 Å². The highest BCUT2D eigenvalue weighted by Crippen LogP contribution is 2.13. The van der Waals surface area contributed by atoms with Gasteiger partial charge >= 0.3 is 0 Å². The molecule has 0 radical (unpaired) electrons. The lowest BCUT2D eigenvalue weighted by Gasteiger charge is -1.98. The number of halogens is 1. The summed E-state index contributed by atoms with van der Waals surface area (Å²) in [5.74, 6) is 0.00571. The van der Waals surface area contributed by atoms with Crippen molar-refractivity contribution in [1.82, 2.24) is 0 Å². The molecule has 5 heteroatoms. The molecule has 0 fully saturated rings. The molecule has 0 aliphatic rings. The number of rotatable bonds is 3. The van der Waals surface area contributed by atoms with Crippen LogP contribution < -0.4 is 11.5 Å². The van der Waals surface area contributed by atoms with Crippen LogP contribution in [0.15, 0.2) is 29.3 Å². The Labute approximate surface area is 86.6 Å². The van der Waals surface area contributed by atoms with Gasteiger partial charge in [-0.2, -0.15) is 0 Å². The van der Waals surface area contributed by atoms with Crippen molar-refractivity contribution in [3.05, 3.63) is 29.8 Å². The molecule has 74 valence electrons. The highest BCUT2D eigenvalue weighted by Gasteiger charge is 1.98. The molecule has 0 aliphatic carbocycles. The smallest absolute Gasteiger partial charge is 0.226 e. The maximum Gasteiger partial charge on any atom is 0.226 e. The largest absolute Gasteiger partial charge is 0.370 e. The van der Waals surface area contributed by atoms with E-state index in [-0.39, 0.29) is 17.6 Å². The molecular formula is C9H10ClN3O. The van der Waals surface area contributed by atoms with Crippen molar-refractivity contribution in [2.75, 3.05) is 0 Å². The van der Waals surface area contributed by atoms with Gasteiger partial charge in [0.2, 0.25) is 5.24 Å². The van der Waals surface area contributed by atoms with E-state index in [9.17, 15) is 4.79 Å². The lowest BCUT2D eigenvalue weighted by Crippen LogP contribution is -2.21. The Morgan fingerprint density at radius 3 is 2.29 bits per heavy atom. The van der Waals surface area contributed by atoms with Gasteiger partial charge in [-0.3, -0.25) is 4.79 Å². The van der Waals surface area contributed by atoms with E-state index in [1.807, 2.05) is 0 Å². The van der Waals surface area contributed by atoms with Crippen molar-refractivity contribution >= 4 is 28.5 Å². The minimum Gasteiger partial charge on any atom is -0.370 e. The molecule has 0 saturated heterocycles. The van der Waals surface area contributed by atoms with E-state index < -0.39 is 0 Å². The first-order valence-corrected chi connectivity index (χ1v) is 4.32.